The van der Waals surface area contributed by atoms with E-state index in [9.17, 15) is 9.59 Å². The average molecular weight is 346 g/mol. The van der Waals surface area contributed by atoms with E-state index in [-0.39, 0.29) is 17.6 Å². The van der Waals surface area contributed by atoms with Crippen molar-refractivity contribution in [1.82, 2.24) is 4.90 Å². The van der Waals surface area contributed by atoms with Gasteiger partial charge in [0.15, 0.2) is 0 Å². The Morgan fingerprint density at radius 2 is 1.92 bits per heavy atom. The second kappa shape index (κ2) is 8.00. The van der Waals surface area contributed by atoms with E-state index < -0.39 is 0 Å². The molecule has 3 rings (SSSR count). The van der Waals surface area contributed by atoms with Gasteiger partial charge in [0.05, 0.1) is 5.60 Å². The van der Waals surface area contributed by atoms with Gasteiger partial charge in [0, 0.05) is 38.3 Å². The summed E-state index contributed by atoms with van der Waals surface area (Å²) in [6.45, 7) is 9.62. The van der Waals surface area contributed by atoms with Crippen LogP contribution in [0.3, 0.4) is 0 Å². The third kappa shape index (κ3) is 5.05. The minimum Gasteiger partial charge on any atom is -0.379 e. The van der Waals surface area contributed by atoms with Gasteiger partial charge in [0.1, 0.15) is 0 Å². The van der Waals surface area contributed by atoms with Gasteiger partial charge in [-0.3, -0.25) is 9.59 Å². The highest BCUT2D eigenvalue weighted by atomic mass is 16.5. The predicted molar refractivity (Wildman–Crippen MR) is 99.6 cm³/mol. The summed E-state index contributed by atoms with van der Waals surface area (Å²) in [5.74, 6) is 0.221. The molecule has 1 aromatic carbocycles. The normalized spacial score (nSPS) is 20.0. The highest BCUT2D eigenvalue weighted by molar-refractivity contribution is 5.95. The van der Waals surface area contributed by atoms with Crippen LogP contribution in [-0.2, 0) is 27.3 Å². The molecule has 0 N–H and O–H groups in total. The summed E-state index contributed by atoms with van der Waals surface area (Å²) in [4.78, 5) is 26.4. The molecule has 0 radical (unpaired) electrons. The number of rotatable bonds is 2. The molecule has 0 aliphatic carbocycles. The number of methoxy groups -OCH3 is 1. The smallest absolute Gasteiger partial charge is 0.227 e. The molecule has 2 amide bonds. The molecule has 1 saturated heterocycles. The Morgan fingerprint density at radius 3 is 2.44 bits per heavy atom. The molecule has 1 unspecified atom stereocenters. The number of hydrogen-bond donors (Lipinski definition) is 0. The molecule has 1 atom stereocenters. The van der Waals surface area contributed by atoms with Crippen LogP contribution in [0.2, 0.25) is 0 Å². The van der Waals surface area contributed by atoms with E-state index in [2.05, 4.69) is 19.1 Å². The van der Waals surface area contributed by atoms with E-state index >= 15 is 0 Å². The van der Waals surface area contributed by atoms with Crippen LogP contribution in [0, 0.1) is 0 Å². The number of carbonyl (C=O) groups excluding carboxylic acids is 2. The first-order valence-corrected chi connectivity index (χ1v) is 8.93. The Hall–Kier alpha value is -1.88. The van der Waals surface area contributed by atoms with E-state index in [1.165, 1.54) is 11.1 Å². The Kier molecular flexibility index (Phi) is 6.22. The fraction of sp³-hybridized carbons (Fsp3) is 0.600. The molecule has 25 heavy (non-hydrogen) atoms. The summed E-state index contributed by atoms with van der Waals surface area (Å²) < 4.78 is 4.94. The summed E-state index contributed by atoms with van der Waals surface area (Å²) >= 11 is 0. The van der Waals surface area contributed by atoms with Crippen molar-refractivity contribution in [3.8, 4) is 0 Å². The first-order valence-electron chi connectivity index (χ1n) is 8.93. The Balaban J connectivity index is 0.000000326. The summed E-state index contributed by atoms with van der Waals surface area (Å²) in [6, 6.07) is 6.41. The molecule has 2 aliphatic rings. The number of fused-ring (bicyclic) bond motifs is 1. The highest BCUT2D eigenvalue weighted by Gasteiger charge is 2.25. The molecule has 2 heterocycles. The van der Waals surface area contributed by atoms with Crippen molar-refractivity contribution >= 4 is 18.0 Å². The van der Waals surface area contributed by atoms with E-state index in [0.717, 1.165) is 31.5 Å². The van der Waals surface area contributed by atoms with Crippen LogP contribution in [0.1, 0.15) is 51.7 Å². The molecule has 0 saturated carbocycles. The Labute approximate surface area is 150 Å². The van der Waals surface area contributed by atoms with E-state index in [4.69, 9.17) is 4.74 Å². The molecular weight excluding hydrogens is 316 g/mol. The van der Waals surface area contributed by atoms with Gasteiger partial charge in [0.25, 0.3) is 0 Å². The summed E-state index contributed by atoms with van der Waals surface area (Å²) in [7, 11) is 1.71. The van der Waals surface area contributed by atoms with E-state index in [1.54, 1.807) is 7.11 Å². The van der Waals surface area contributed by atoms with Gasteiger partial charge in [-0.1, -0.05) is 6.07 Å². The quantitative estimate of drug-likeness (QED) is 0.773. The first-order chi connectivity index (χ1) is 11.7. The SMILES string of the molecule is CC1Cc2cc(N3CCCC3=O)ccc2CN1C=O.COC(C)(C)C. The monoisotopic (exact) mass is 346 g/mol. The second-order valence-corrected chi connectivity index (χ2v) is 7.75. The van der Waals surface area contributed by atoms with Gasteiger partial charge in [0.2, 0.25) is 12.3 Å². The number of carbonyl (C=O) groups is 2. The Morgan fingerprint density at radius 1 is 1.24 bits per heavy atom. The van der Waals surface area contributed by atoms with Crippen molar-refractivity contribution in [3.63, 3.8) is 0 Å². The zero-order valence-corrected chi connectivity index (χ0v) is 16.0. The molecule has 2 aliphatic heterocycles. The second-order valence-electron chi connectivity index (χ2n) is 7.75. The molecule has 138 valence electrons. The first kappa shape index (κ1) is 19.4. The third-order valence-electron chi connectivity index (χ3n) is 4.76. The predicted octanol–water partition coefficient (Wildman–Crippen LogP) is 3.15. The summed E-state index contributed by atoms with van der Waals surface area (Å²) in [6.07, 6.45) is 3.40. The minimum absolute atomic E-state index is 0.0417. The lowest BCUT2D eigenvalue weighted by molar-refractivity contribution is -0.121. The van der Waals surface area contributed by atoms with Crippen LogP contribution in [0.25, 0.3) is 0 Å². The lowest BCUT2D eigenvalue weighted by Crippen LogP contribution is -2.37. The molecule has 5 nitrogen and oxygen atoms in total. The topological polar surface area (TPSA) is 49.9 Å². The number of hydrogen-bond acceptors (Lipinski definition) is 3. The maximum absolute atomic E-state index is 11.8. The highest BCUT2D eigenvalue weighted by Crippen LogP contribution is 2.28. The number of nitrogens with zero attached hydrogens (tertiary/aromatic N) is 2. The average Bonchev–Trinajstić information content (AvgIpc) is 2.99. The van der Waals surface area contributed by atoms with Gasteiger partial charge in [-0.25, -0.2) is 0 Å². The third-order valence-corrected chi connectivity index (χ3v) is 4.76. The van der Waals surface area contributed by atoms with Crippen LogP contribution < -0.4 is 4.90 Å². The van der Waals surface area contributed by atoms with Crippen molar-refractivity contribution in [3.05, 3.63) is 29.3 Å². The van der Waals surface area contributed by atoms with Gasteiger partial charge < -0.3 is 14.5 Å². The minimum atomic E-state index is 0.0417. The standard InChI is InChI=1S/C15H18N2O2.C5H12O/c1-11-7-13-8-14(17-6-2-3-15(17)19)5-4-12(13)9-16(11)10-18;1-5(2,3)6-4/h4-5,8,10-11H,2-3,6-7,9H2,1H3;1-4H3. The van der Waals surface area contributed by atoms with Crippen LogP contribution in [0.15, 0.2) is 18.2 Å². The summed E-state index contributed by atoms with van der Waals surface area (Å²) in [5.41, 5.74) is 3.51. The molecular formula is C20H30N2O3. The van der Waals surface area contributed by atoms with Gasteiger partial charge in [-0.15, -0.1) is 0 Å². The number of amides is 2. The fourth-order valence-corrected chi connectivity index (χ4v) is 2.97. The van der Waals surface area contributed by atoms with Gasteiger partial charge in [-0.2, -0.15) is 0 Å². The maximum Gasteiger partial charge on any atom is 0.227 e. The number of benzene rings is 1. The van der Waals surface area contributed by atoms with Crippen molar-refractivity contribution in [2.45, 2.75) is 65.1 Å². The van der Waals surface area contributed by atoms with Gasteiger partial charge in [-0.05, 0) is 63.8 Å². The molecule has 0 aromatic heterocycles. The molecule has 5 heteroatoms. The van der Waals surface area contributed by atoms with E-state index in [1.807, 2.05) is 36.6 Å². The zero-order chi connectivity index (χ0) is 18.6. The molecule has 1 aromatic rings. The largest absolute Gasteiger partial charge is 0.379 e. The van der Waals surface area contributed by atoms with Crippen molar-refractivity contribution < 1.29 is 14.3 Å². The fourth-order valence-electron chi connectivity index (χ4n) is 2.97. The van der Waals surface area contributed by atoms with Crippen molar-refractivity contribution in [2.75, 3.05) is 18.6 Å². The van der Waals surface area contributed by atoms with Crippen LogP contribution in [-0.4, -0.2) is 42.5 Å². The van der Waals surface area contributed by atoms with E-state index in [0.29, 0.717) is 13.0 Å². The lowest BCUT2D eigenvalue weighted by Gasteiger charge is -2.32. The van der Waals surface area contributed by atoms with Crippen LogP contribution in [0.4, 0.5) is 5.69 Å². The molecule has 0 spiro atoms. The van der Waals surface area contributed by atoms with Crippen molar-refractivity contribution in [1.29, 1.82) is 0 Å². The number of anilines is 1. The lowest BCUT2D eigenvalue weighted by atomic mass is 9.94. The number of ether oxygens (including phenoxy) is 1. The van der Waals surface area contributed by atoms with Crippen molar-refractivity contribution in [2.24, 2.45) is 0 Å². The zero-order valence-electron chi connectivity index (χ0n) is 16.0. The molecule has 0 bridgehead atoms. The van der Waals surface area contributed by atoms with Crippen LogP contribution in [0.5, 0.6) is 0 Å². The maximum atomic E-state index is 11.8. The Bertz CT molecular complexity index is 622. The van der Waals surface area contributed by atoms with Crippen LogP contribution >= 0.6 is 0 Å². The summed E-state index contributed by atoms with van der Waals surface area (Å²) in [5, 5.41) is 0. The van der Waals surface area contributed by atoms with Gasteiger partial charge >= 0.3 is 0 Å². The molecule has 1 fully saturated rings.